The van der Waals surface area contributed by atoms with Crippen LogP contribution < -0.4 is 0 Å². The standard InChI is InChI=1S/C11H8O5/c1-5-2-3-7-6(4-5)8(10(12)13)9(16-7)11(14)15/h2-4H,1H3,(H,12,13)(H,14,15). The molecule has 0 atom stereocenters. The molecule has 0 saturated carbocycles. The van der Waals surface area contributed by atoms with Gasteiger partial charge in [-0.05, 0) is 19.1 Å². The molecule has 1 aromatic carbocycles. The van der Waals surface area contributed by atoms with Crippen LogP contribution >= 0.6 is 0 Å². The van der Waals surface area contributed by atoms with Crippen LogP contribution in [-0.4, -0.2) is 22.2 Å². The fourth-order valence-corrected chi connectivity index (χ4v) is 1.57. The molecular weight excluding hydrogens is 212 g/mol. The Labute approximate surface area is 89.9 Å². The van der Waals surface area contributed by atoms with Crippen LogP contribution in [0.2, 0.25) is 0 Å². The molecule has 82 valence electrons. The first-order chi connectivity index (χ1) is 7.50. The van der Waals surface area contributed by atoms with Crippen molar-refractivity contribution in [3.05, 3.63) is 35.1 Å². The number of carboxylic acid groups (broad SMARTS) is 2. The highest BCUT2D eigenvalue weighted by molar-refractivity contribution is 6.10. The summed E-state index contributed by atoms with van der Waals surface area (Å²) in [6, 6.07) is 4.88. The summed E-state index contributed by atoms with van der Waals surface area (Å²) < 4.78 is 5.00. The van der Waals surface area contributed by atoms with E-state index in [9.17, 15) is 9.59 Å². The third-order valence-corrected chi connectivity index (χ3v) is 2.25. The Bertz CT molecular complexity index is 594. The van der Waals surface area contributed by atoms with Gasteiger partial charge >= 0.3 is 11.9 Å². The normalized spacial score (nSPS) is 10.6. The van der Waals surface area contributed by atoms with Gasteiger partial charge in [0.25, 0.3) is 0 Å². The van der Waals surface area contributed by atoms with Gasteiger partial charge in [-0.2, -0.15) is 0 Å². The highest BCUT2D eigenvalue weighted by Crippen LogP contribution is 2.26. The smallest absolute Gasteiger partial charge is 0.372 e. The summed E-state index contributed by atoms with van der Waals surface area (Å²) in [7, 11) is 0. The lowest BCUT2D eigenvalue weighted by Crippen LogP contribution is -2.04. The minimum absolute atomic E-state index is 0.264. The molecule has 2 rings (SSSR count). The average molecular weight is 220 g/mol. The summed E-state index contributed by atoms with van der Waals surface area (Å²) in [6.45, 7) is 1.79. The highest BCUT2D eigenvalue weighted by Gasteiger charge is 2.24. The maximum absolute atomic E-state index is 11.0. The molecule has 0 aliphatic rings. The molecule has 16 heavy (non-hydrogen) atoms. The fraction of sp³-hybridized carbons (Fsp3) is 0.0909. The molecule has 2 aromatic rings. The molecule has 0 aliphatic heterocycles. The largest absolute Gasteiger partial charge is 0.478 e. The van der Waals surface area contributed by atoms with E-state index in [1.54, 1.807) is 25.1 Å². The molecule has 1 heterocycles. The Morgan fingerprint density at radius 2 is 1.88 bits per heavy atom. The number of hydrogen-bond acceptors (Lipinski definition) is 3. The van der Waals surface area contributed by atoms with Gasteiger partial charge in [0.2, 0.25) is 5.76 Å². The Morgan fingerprint density at radius 3 is 2.44 bits per heavy atom. The second-order valence-electron chi connectivity index (χ2n) is 3.42. The van der Waals surface area contributed by atoms with E-state index in [-0.39, 0.29) is 11.1 Å². The van der Waals surface area contributed by atoms with Crippen molar-refractivity contribution in [3.63, 3.8) is 0 Å². The third kappa shape index (κ3) is 1.42. The minimum Gasteiger partial charge on any atom is -0.478 e. The number of furan rings is 1. The van der Waals surface area contributed by atoms with Crippen LogP contribution in [0.4, 0.5) is 0 Å². The monoisotopic (exact) mass is 220 g/mol. The van der Waals surface area contributed by atoms with E-state index in [2.05, 4.69) is 0 Å². The zero-order chi connectivity index (χ0) is 11.9. The van der Waals surface area contributed by atoms with Crippen LogP contribution in [-0.2, 0) is 0 Å². The topological polar surface area (TPSA) is 87.7 Å². The summed E-state index contributed by atoms with van der Waals surface area (Å²) in [5.74, 6) is -3.22. The molecule has 0 saturated heterocycles. The number of carbonyl (C=O) groups is 2. The first-order valence-corrected chi connectivity index (χ1v) is 4.50. The number of carboxylic acids is 2. The van der Waals surface area contributed by atoms with Gasteiger partial charge in [0.1, 0.15) is 11.1 Å². The van der Waals surface area contributed by atoms with E-state index in [1.807, 2.05) is 0 Å². The number of rotatable bonds is 2. The molecule has 2 N–H and O–H groups in total. The van der Waals surface area contributed by atoms with Crippen LogP contribution in [0, 0.1) is 6.92 Å². The molecule has 0 unspecified atom stereocenters. The minimum atomic E-state index is -1.38. The maximum Gasteiger partial charge on any atom is 0.372 e. The van der Waals surface area contributed by atoms with Crippen LogP contribution in [0.3, 0.4) is 0 Å². The van der Waals surface area contributed by atoms with Crippen LogP contribution in [0.15, 0.2) is 22.6 Å². The van der Waals surface area contributed by atoms with Crippen LogP contribution in [0.1, 0.15) is 26.5 Å². The van der Waals surface area contributed by atoms with E-state index < -0.39 is 17.7 Å². The molecule has 5 heteroatoms. The fourth-order valence-electron chi connectivity index (χ4n) is 1.57. The van der Waals surface area contributed by atoms with E-state index in [4.69, 9.17) is 14.6 Å². The quantitative estimate of drug-likeness (QED) is 0.809. The second-order valence-corrected chi connectivity index (χ2v) is 3.42. The Balaban J connectivity index is 2.88. The van der Waals surface area contributed by atoms with E-state index >= 15 is 0 Å². The van der Waals surface area contributed by atoms with Crippen molar-refractivity contribution in [2.45, 2.75) is 6.92 Å². The molecule has 0 radical (unpaired) electrons. The molecule has 0 aliphatic carbocycles. The average Bonchev–Trinajstić information content (AvgIpc) is 2.55. The Hall–Kier alpha value is -2.30. The molecular formula is C11H8O5. The summed E-state index contributed by atoms with van der Waals surface area (Å²) in [5, 5.41) is 18.1. The number of hydrogen-bond donors (Lipinski definition) is 2. The highest BCUT2D eigenvalue weighted by atomic mass is 16.4. The van der Waals surface area contributed by atoms with Gasteiger partial charge in [0.15, 0.2) is 0 Å². The third-order valence-electron chi connectivity index (χ3n) is 2.25. The van der Waals surface area contributed by atoms with Gasteiger partial charge in [-0.3, -0.25) is 0 Å². The van der Waals surface area contributed by atoms with Crippen molar-refractivity contribution in [3.8, 4) is 0 Å². The summed E-state index contributed by atoms with van der Waals surface area (Å²) in [6.07, 6.45) is 0. The molecule has 0 bridgehead atoms. The number of benzene rings is 1. The Kier molecular flexibility index (Phi) is 2.16. The summed E-state index contributed by atoms with van der Waals surface area (Å²) in [5.41, 5.74) is 0.805. The van der Waals surface area contributed by atoms with Crippen LogP contribution in [0.5, 0.6) is 0 Å². The number of aryl methyl sites for hydroxylation is 1. The van der Waals surface area contributed by atoms with Crippen molar-refractivity contribution in [1.82, 2.24) is 0 Å². The van der Waals surface area contributed by atoms with Gasteiger partial charge in [-0.25, -0.2) is 9.59 Å². The maximum atomic E-state index is 11.0. The predicted molar refractivity (Wildman–Crippen MR) is 54.9 cm³/mol. The molecule has 0 fully saturated rings. The Morgan fingerprint density at radius 1 is 1.19 bits per heavy atom. The lowest BCUT2D eigenvalue weighted by molar-refractivity contribution is 0.0628. The predicted octanol–water partition coefficient (Wildman–Crippen LogP) is 2.14. The van der Waals surface area contributed by atoms with Crippen LogP contribution in [0.25, 0.3) is 11.0 Å². The summed E-state index contributed by atoms with van der Waals surface area (Å²) >= 11 is 0. The van der Waals surface area contributed by atoms with Crippen molar-refractivity contribution in [2.75, 3.05) is 0 Å². The second kappa shape index (κ2) is 3.37. The molecule has 1 aromatic heterocycles. The van der Waals surface area contributed by atoms with Crippen molar-refractivity contribution < 1.29 is 24.2 Å². The SMILES string of the molecule is Cc1ccc2oc(C(=O)O)c(C(=O)O)c2c1. The van der Waals surface area contributed by atoms with Crippen molar-refractivity contribution in [2.24, 2.45) is 0 Å². The van der Waals surface area contributed by atoms with E-state index in [1.165, 1.54) is 0 Å². The molecule has 5 nitrogen and oxygen atoms in total. The van der Waals surface area contributed by atoms with Gasteiger partial charge < -0.3 is 14.6 Å². The van der Waals surface area contributed by atoms with E-state index in [0.29, 0.717) is 5.39 Å². The molecule has 0 spiro atoms. The summed E-state index contributed by atoms with van der Waals surface area (Å²) in [4.78, 5) is 21.8. The van der Waals surface area contributed by atoms with Gasteiger partial charge in [-0.1, -0.05) is 11.6 Å². The van der Waals surface area contributed by atoms with Crippen molar-refractivity contribution in [1.29, 1.82) is 0 Å². The van der Waals surface area contributed by atoms with Gasteiger partial charge in [-0.15, -0.1) is 0 Å². The van der Waals surface area contributed by atoms with Crippen molar-refractivity contribution >= 4 is 22.9 Å². The first kappa shape index (κ1) is 10.2. The number of fused-ring (bicyclic) bond motifs is 1. The first-order valence-electron chi connectivity index (χ1n) is 4.50. The zero-order valence-electron chi connectivity index (χ0n) is 8.35. The lowest BCUT2D eigenvalue weighted by Gasteiger charge is -1.93. The zero-order valence-corrected chi connectivity index (χ0v) is 8.35. The van der Waals surface area contributed by atoms with E-state index in [0.717, 1.165) is 5.56 Å². The lowest BCUT2D eigenvalue weighted by atomic mass is 10.1. The molecule has 0 amide bonds. The van der Waals surface area contributed by atoms with Gasteiger partial charge in [0.05, 0.1) is 0 Å². The van der Waals surface area contributed by atoms with Gasteiger partial charge in [0, 0.05) is 5.39 Å². The number of aromatic carboxylic acids is 2.